The van der Waals surface area contributed by atoms with Crippen molar-refractivity contribution in [3.8, 4) is 0 Å². The number of aryl methyl sites for hydroxylation is 1. The quantitative estimate of drug-likeness (QED) is 0.767. The molecule has 6 heteroatoms. The van der Waals surface area contributed by atoms with Crippen LogP contribution in [0.3, 0.4) is 0 Å². The van der Waals surface area contributed by atoms with Gasteiger partial charge in [-0.15, -0.1) is 0 Å². The zero-order valence-corrected chi connectivity index (χ0v) is 18.9. The lowest BCUT2D eigenvalue weighted by atomic mass is 9.53. The summed E-state index contributed by atoms with van der Waals surface area (Å²) in [7, 11) is -3.41. The van der Waals surface area contributed by atoms with E-state index in [0.29, 0.717) is 59.6 Å². The number of hydrogen-bond donors (Lipinski definition) is 2. The second-order valence-corrected chi connectivity index (χ2v) is 12.8. The Hall–Kier alpha value is -0.950. The van der Waals surface area contributed by atoms with Gasteiger partial charge in [-0.05, 0) is 99.1 Å². The van der Waals surface area contributed by atoms with Gasteiger partial charge in [-0.25, -0.2) is 8.42 Å². The predicted octanol–water partition coefficient (Wildman–Crippen LogP) is 3.03. The molecule has 0 amide bonds. The van der Waals surface area contributed by atoms with Gasteiger partial charge in [0.15, 0.2) is 0 Å². The minimum absolute atomic E-state index is 0.309. The largest absolute Gasteiger partial charge is 0.396 e. The van der Waals surface area contributed by atoms with Gasteiger partial charge in [-0.1, -0.05) is 17.7 Å². The van der Waals surface area contributed by atoms with E-state index in [0.717, 1.165) is 44.3 Å². The molecular weight excluding hydrogens is 396 g/mol. The molecule has 1 aromatic rings. The highest BCUT2D eigenvalue weighted by Gasteiger charge is 2.51. The number of sulfonamides is 1. The Bertz CT molecular complexity index is 857. The Labute approximate surface area is 181 Å². The van der Waals surface area contributed by atoms with Gasteiger partial charge in [0.25, 0.3) is 0 Å². The highest BCUT2D eigenvalue weighted by molar-refractivity contribution is 7.89. The lowest BCUT2D eigenvalue weighted by Crippen LogP contribution is -2.56. The van der Waals surface area contributed by atoms with Gasteiger partial charge in [0.1, 0.15) is 0 Å². The molecule has 0 aromatic heterocycles. The summed E-state index contributed by atoms with van der Waals surface area (Å²) in [6.45, 7) is 5.81. The van der Waals surface area contributed by atoms with Crippen LogP contribution in [0.15, 0.2) is 29.2 Å². The van der Waals surface area contributed by atoms with Crippen LogP contribution in [0, 0.1) is 41.9 Å². The third kappa shape index (κ3) is 3.74. The van der Waals surface area contributed by atoms with E-state index in [1.807, 2.05) is 19.1 Å². The Balaban J connectivity index is 1.33. The van der Waals surface area contributed by atoms with Crippen LogP contribution < -0.4 is 5.32 Å². The van der Waals surface area contributed by atoms with E-state index >= 15 is 0 Å². The molecule has 0 radical (unpaired) electrons. The van der Waals surface area contributed by atoms with Crippen molar-refractivity contribution in [2.45, 2.75) is 50.3 Å². The summed E-state index contributed by atoms with van der Waals surface area (Å²) < 4.78 is 28.3. The first-order chi connectivity index (χ1) is 14.4. The lowest BCUT2D eigenvalue weighted by molar-refractivity contribution is -0.0513. The number of rotatable bonds is 4. The van der Waals surface area contributed by atoms with Crippen molar-refractivity contribution in [1.29, 1.82) is 0 Å². The smallest absolute Gasteiger partial charge is 0.243 e. The zero-order chi connectivity index (χ0) is 20.9. The average molecular weight is 433 g/mol. The van der Waals surface area contributed by atoms with Crippen LogP contribution in [-0.4, -0.2) is 50.6 Å². The molecule has 1 aromatic carbocycles. The van der Waals surface area contributed by atoms with Crippen molar-refractivity contribution in [3.05, 3.63) is 29.8 Å². The number of piperidine rings is 2. The number of fused-ring (bicyclic) bond motifs is 4. The van der Waals surface area contributed by atoms with E-state index in [2.05, 4.69) is 5.32 Å². The fraction of sp³-hybridized carbons (Fsp3) is 0.750. The Morgan fingerprint density at radius 1 is 1.03 bits per heavy atom. The number of nitrogens with zero attached hydrogens (tertiary/aromatic N) is 1. The van der Waals surface area contributed by atoms with Crippen molar-refractivity contribution >= 4 is 10.0 Å². The average Bonchev–Trinajstić information content (AvgIpc) is 2.73. The second kappa shape index (κ2) is 7.88. The number of nitrogens with one attached hydrogen (secondary N) is 1. The summed E-state index contributed by atoms with van der Waals surface area (Å²) in [5.74, 6) is 2.74. The molecular formula is C24H36N2O3S. The summed E-state index contributed by atoms with van der Waals surface area (Å²) in [5, 5.41) is 13.6. The maximum absolute atomic E-state index is 13.3. The topological polar surface area (TPSA) is 69.6 Å². The van der Waals surface area contributed by atoms with Crippen LogP contribution in [0.4, 0.5) is 0 Å². The van der Waals surface area contributed by atoms with Crippen molar-refractivity contribution < 1.29 is 13.5 Å². The lowest BCUT2D eigenvalue weighted by Gasteiger charge is -2.56. The summed E-state index contributed by atoms with van der Waals surface area (Å²) in [6.07, 6.45) is 7.06. The van der Waals surface area contributed by atoms with Crippen molar-refractivity contribution in [1.82, 2.24) is 9.62 Å². The molecule has 2 saturated heterocycles. The molecule has 2 heterocycles. The Kier molecular flexibility index (Phi) is 5.49. The Morgan fingerprint density at radius 2 is 1.73 bits per heavy atom. The molecule has 166 valence electrons. The first kappa shape index (κ1) is 20.9. The van der Waals surface area contributed by atoms with Gasteiger partial charge in [-0.3, -0.25) is 0 Å². The molecule has 5 rings (SSSR count). The van der Waals surface area contributed by atoms with Gasteiger partial charge in [0.05, 0.1) is 4.90 Å². The van der Waals surface area contributed by atoms with E-state index in [-0.39, 0.29) is 0 Å². The van der Waals surface area contributed by atoms with Crippen LogP contribution in [0.5, 0.6) is 0 Å². The molecule has 2 saturated carbocycles. The van der Waals surface area contributed by atoms with E-state index < -0.39 is 10.0 Å². The summed E-state index contributed by atoms with van der Waals surface area (Å²) >= 11 is 0. The summed E-state index contributed by atoms with van der Waals surface area (Å²) in [4.78, 5) is 0.431. The first-order valence-corrected chi connectivity index (χ1v) is 13.2. The van der Waals surface area contributed by atoms with Crippen molar-refractivity contribution in [2.75, 3.05) is 32.8 Å². The molecule has 5 atom stereocenters. The van der Waals surface area contributed by atoms with Gasteiger partial charge in [0.2, 0.25) is 10.0 Å². The fourth-order valence-corrected chi connectivity index (χ4v) is 8.97. The molecule has 0 spiro atoms. The third-order valence-electron chi connectivity index (χ3n) is 8.58. The van der Waals surface area contributed by atoms with Gasteiger partial charge < -0.3 is 10.4 Å². The molecule has 2 aliphatic heterocycles. The number of aliphatic hydroxyl groups is 1. The number of hydrogen-bond acceptors (Lipinski definition) is 4. The SMILES string of the molecule is Cc1ccc(S(=O)(=O)N2CC3CC(CC([C@]45CNC[C@@H](C[C@H](CO)C4)C5)C3)C2)cc1. The number of aliphatic hydroxyl groups excluding tert-OH is 1. The minimum Gasteiger partial charge on any atom is -0.396 e. The van der Waals surface area contributed by atoms with Crippen LogP contribution in [0.1, 0.15) is 44.1 Å². The first-order valence-electron chi connectivity index (χ1n) is 11.8. The van der Waals surface area contributed by atoms with E-state index in [1.54, 1.807) is 16.4 Å². The Morgan fingerprint density at radius 3 is 2.40 bits per heavy atom. The fourth-order valence-electron chi connectivity index (χ4n) is 7.38. The van der Waals surface area contributed by atoms with Crippen LogP contribution >= 0.6 is 0 Å². The van der Waals surface area contributed by atoms with Gasteiger partial charge in [-0.2, -0.15) is 4.31 Å². The number of benzene rings is 1. The third-order valence-corrected chi connectivity index (χ3v) is 10.4. The van der Waals surface area contributed by atoms with E-state index in [4.69, 9.17) is 0 Å². The monoisotopic (exact) mass is 432 g/mol. The molecule has 2 unspecified atom stereocenters. The summed E-state index contributed by atoms with van der Waals surface area (Å²) in [5.41, 5.74) is 1.39. The molecule has 5 nitrogen and oxygen atoms in total. The predicted molar refractivity (Wildman–Crippen MR) is 117 cm³/mol. The molecule has 4 fully saturated rings. The molecule has 2 aliphatic carbocycles. The van der Waals surface area contributed by atoms with Crippen LogP contribution in [-0.2, 0) is 10.0 Å². The van der Waals surface area contributed by atoms with Gasteiger partial charge in [0, 0.05) is 26.2 Å². The second-order valence-electron chi connectivity index (χ2n) is 10.8. The highest BCUT2D eigenvalue weighted by atomic mass is 32.2. The van der Waals surface area contributed by atoms with Gasteiger partial charge >= 0.3 is 0 Å². The van der Waals surface area contributed by atoms with Crippen LogP contribution in [0.25, 0.3) is 0 Å². The normalized spacial score (nSPS) is 39.6. The minimum atomic E-state index is -3.41. The molecule has 4 bridgehead atoms. The standard InChI is InChI=1S/C24H36N2O3S/c1-17-2-4-23(5-3-17)30(28,29)26-13-18-6-19(14-26)9-22(8-18)24-10-20(12-25-16-24)7-21(11-24)15-27/h2-5,18-22,25,27H,6-16H2,1H3/t18?,19?,20-,21-,22?,24-/m0/s1. The maximum atomic E-state index is 13.3. The zero-order valence-electron chi connectivity index (χ0n) is 18.1. The van der Waals surface area contributed by atoms with E-state index in [9.17, 15) is 13.5 Å². The van der Waals surface area contributed by atoms with E-state index in [1.165, 1.54) is 12.8 Å². The molecule has 30 heavy (non-hydrogen) atoms. The molecule has 4 aliphatic rings. The maximum Gasteiger partial charge on any atom is 0.243 e. The van der Waals surface area contributed by atoms with Crippen molar-refractivity contribution in [2.24, 2.45) is 35.0 Å². The summed E-state index contributed by atoms with van der Waals surface area (Å²) in [6, 6.07) is 7.28. The van der Waals surface area contributed by atoms with Crippen molar-refractivity contribution in [3.63, 3.8) is 0 Å². The van der Waals surface area contributed by atoms with Crippen LogP contribution in [0.2, 0.25) is 0 Å². The molecule has 2 N–H and O–H groups in total. The highest BCUT2D eigenvalue weighted by Crippen LogP contribution is 2.55.